The summed E-state index contributed by atoms with van der Waals surface area (Å²) in [5.41, 5.74) is -0.198. The Labute approximate surface area is 178 Å². The zero-order chi connectivity index (χ0) is 21.9. The molecule has 0 amide bonds. The predicted molar refractivity (Wildman–Crippen MR) is 105 cm³/mol. The van der Waals surface area contributed by atoms with Crippen molar-refractivity contribution >= 4 is 11.1 Å². The van der Waals surface area contributed by atoms with E-state index in [4.69, 9.17) is 23.5 Å². The molecule has 0 radical (unpaired) electrons. The quantitative estimate of drug-likeness (QED) is 0.429. The molecule has 0 atom stereocenters. The first kappa shape index (κ1) is 18.8. The lowest BCUT2D eigenvalue weighted by atomic mass is 10.0. The average Bonchev–Trinajstić information content (AvgIpc) is 3.43. The van der Waals surface area contributed by atoms with E-state index >= 15 is 0 Å². The molecule has 2 aromatic heterocycles. The predicted octanol–water partition coefficient (Wildman–Crippen LogP) is 5.08. The molecule has 2 aromatic carbocycles. The molecule has 6 rings (SSSR count). The molecule has 0 bridgehead atoms. The fourth-order valence-corrected chi connectivity index (χ4v) is 3.77. The molecule has 0 spiro atoms. The molecule has 4 heterocycles. The van der Waals surface area contributed by atoms with Gasteiger partial charge in [-0.15, -0.1) is 0 Å². The van der Waals surface area contributed by atoms with Gasteiger partial charge in [-0.05, 0) is 42.5 Å². The van der Waals surface area contributed by atoms with E-state index in [9.17, 15) is 13.2 Å². The summed E-state index contributed by atoms with van der Waals surface area (Å²) in [6, 6.07) is 10.6. The molecule has 7 nitrogen and oxygen atoms in total. The largest absolute Gasteiger partial charge is 0.486 e. The highest BCUT2D eigenvalue weighted by molar-refractivity contribution is 5.94. The van der Waals surface area contributed by atoms with Crippen LogP contribution in [-0.4, -0.2) is 30.1 Å². The van der Waals surface area contributed by atoms with Gasteiger partial charge in [0.05, 0.1) is 16.6 Å². The molecule has 10 heteroatoms. The van der Waals surface area contributed by atoms with Crippen molar-refractivity contribution in [1.82, 2.24) is 10.1 Å². The van der Waals surface area contributed by atoms with Crippen LogP contribution in [0.3, 0.4) is 0 Å². The summed E-state index contributed by atoms with van der Waals surface area (Å²) in [6.07, 6.45) is -4.67. The van der Waals surface area contributed by atoms with Crippen LogP contribution in [0.4, 0.5) is 13.2 Å². The third-order valence-electron chi connectivity index (χ3n) is 5.24. The first-order valence-corrected chi connectivity index (χ1v) is 9.65. The van der Waals surface area contributed by atoms with E-state index in [1.165, 1.54) is 0 Å². The van der Waals surface area contributed by atoms with E-state index in [2.05, 4.69) is 10.1 Å². The van der Waals surface area contributed by atoms with Crippen LogP contribution in [0.2, 0.25) is 0 Å². The lowest BCUT2D eigenvalue weighted by Gasteiger charge is -2.19. The second-order valence-corrected chi connectivity index (χ2v) is 7.19. The third-order valence-corrected chi connectivity index (χ3v) is 5.24. The fraction of sp³-hybridized carbons (Fsp3) is 0.182. The monoisotopic (exact) mass is 442 g/mol. The van der Waals surface area contributed by atoms with Gasteiger partial charge < -0.3 is 23.5 Å². The number of fused-ring (bicyclic) bond motifs is 3. The maximum atomic E-state index is 14.1. The van der Waals surface area contributed by atoms with Crippen LogP contribution in [0.25, 0.3) is 33.6 Å². The van der Waals surface area contributed by atoms with Crippen molar-refractivity contribution in [3.63, 3.8) is 0 Å². The molecule has 0 N–H and O–H groups in total. The average molecular weight is 442 g/mol. The summed E-state index contributed by atoms with van der Waals surface area (Å²) in [5, 5.41) is 3.67. The number of pyridine rings is 1. The minimum Gasteiger partial charge on any atom is -0.486 e. The fourth-order valence-electron chi connectivity index (χ4n) is 3.77. The molecular formula is C22H13F3N2O5. The number of hydrogen-bond donors (Lipinski definition) is 0. The number of hydrogen-bond acceptors (Lipinski definition) is 7. The van der Waals surface area contributed by atoms with E-state index in [1.54, 1.807) is 36.4 Å². The highest BCUT2D eigenvalue weighted by Gasteiger charge is 2.37. The normalized spacial score (nSPS) is 14.7. The summed E-state index contributed by atoms with van der Waals surface area (Å²) < 4.78 is 69.1. The Morgan fingerprint density at radius 3 is 2.22 bits per heavy atom. The standard InChI is InChI=1S/C22H13F3N2O5/c23-22(24,25)13-9-14(11-1-3-15-17(7-11)29-6-5-28-15)26-21-19(13)20(27-32-21)12-2-4-16-18(8-12)31-10-30-16/h1-4,7-9H,5-6,10H2. The van der Waals surface area contributed by atoms with Crippen LogP contribution in [0, 0.1) is 0 Å². The van der Waals surface area contributed by atoms with Gasteiger partial charge in [0.1, 0.15) is 18.9 Å². The third kappa shape index (κ3) is 2.98. The van der Waals surface area contributed by atoms with Crippen molar-refractivity contribution in [3.8, 4) is 45.5 Å². The number of ether oxygens (including phenoxy) is 4. The van der Waals surface area contributed by atoms with E-state index in [-0.39, 0.29) is 29.3 Å². The minimum absolute atomic E-state index is 0.0202. The van der Waals surface area contributed by atoms with Crippen molar-refractivity contribution in [2.24, 2.45) is 0 Å². The molecule has 2 aliphatic heterocycles. The van der Waals surface area contributed by atoms with Gasteiger partial charge in [-0.2, -0.15) is 13.2 Å². The van der Waals surface area contributed by atoms with E-state index in [0.29, 0.717) is 47.3 Å². The molecule has 2 aliphatic rings. The Bertz CT molecular complexity index is 1370. The van der Waals surface area contributed by atoms with Crippen LogP contribution >= 0.6 is 0 Å². The zero-order valence-corrected chi connectivity index (χ0v) is 16.2. The Balaban J connectivity index is 1.52. The van der Waals surface area contributed by atoms with Gasteiger partial charge in [0.15, 0.2) is 23.0 Å². The summed E-state index contributed by atoms with van der Waals surface area (Å²) in [5.74, 6) is 1.91. The molecule has 162 valence electrons. The summed E-state index contributed by atoms with van der Waals surface area (Å²) in [4.78, 5) is 4.31. The highest BCUT2D eigenvalue weighted by Crippen LogP contribution is 2.43. The van der Waals surface area contributed by atoms with Crippen molar-refractivity contribution in [2.75, 3.05) is 20.0 Å². The van der Waals surface area contributed by atoms with Crippen molar-refractivity contribution in [1.29, 1.82) is 0 Å². The van der Waals surface area contributed by atoms with Gasteiger partial charge >= 0.3 is 6.18 Å². The van der Waals surface area contributed by atoms with Gasteiger partial charge in [0.25, 0.3) is 5.71 Å². The summed E-state index contributed by atoms with van der Waals surface area (Å²) in [7, 11) is 0. The van der Waals surface area contributed by atoms with Gasteiger partial charge in [0, 0.05) is 11.1 Å². The topological polar surface area (TPSA) is 75.8 Å². The molecule has 0 fully saturated rings. The first-order chi connectivity index (χ1) is 15.5. The van der Waals surface area contributed by atoms with E-state index in [1.807, 2.05) is 0 Å². The van der Waals surface area contributed by atoms with Crippen LogP contribution < -0.4 is 18.9 Å². The van der Waals surface area contributed by atoms with Crippen LogP contribution in [0.1, 0.15) is 5.56 Å². The van der Waals surface area contributed by atoms with Crippen molar-refractivity contribution in [3.05, 3.63) is 48.0 Å². The number of halogens is 3. The molecule has 0 saturated carbocycles. The Morgan fingerprint density at radius 1 is 0.750 bits per heavy atom. The molecule has 0 aliphatic carbocycles. The Morgan fingerprint density at radius 2 is 1.41 bits per heavy atom. The van der Waals surface area contributed by atoms with Crippen molar-refractivity contribution in [2.45, 2.75) is 6.18 Å². The number of alkyl halides is 3. The Kier molecular flexibility index (Phi) is 3.98. The molecule has 0 unspecified atom stereocenters. The Hall–Kier alpha value is -3.95. The number of rotatable bonds is 2. The number of benzene rings is 2. The van der Waals surface area contributed by atoms with Gasteiger partial charge in [-0.3, -0.25) is 0 Å². The molecular weight excluding hydrogens is 429 g/mol. The maximum absolute atomic E-state index is 14.1. The summed E-state index contributed by atoms with van der Waals surface area (Å²) >= 11 is 0. The van der Waals surface area contributed by atoms with E-state index < -0.39 is 11.7 Å². The second kappa shape index (κ2) is 6.78. The number of aromatic nitrogens is 2. The molecule has 4 aromatic rings. The number of nitrogens with zero attached hydrogens (tertiary/aromatic N) is 2. The van der Waals surface area contributed by atoms with Crippen LogP contribution in [-0.2, 0) is 6.18 Å². The van der Waals surface area contributed by atoms with Crippen LogP contribution in [0.15, 0.2) is 47.0 Å². The van der Waals surface area contributed by atoms with Gasteiger partial charge in [-0.1, -0.05) is 5.16 Å². The van der Waals surface area contributed by atoms with Gasteiger partial charge in [0.2, 0.25) is 6.79 Å². The lowest BCUT2D eigenvalue weighted by molar-refractivity contribution is -0.136. The SMILES string of the molecule is FC(F)(F)c1cc(-c2ccc3c(c2)OCCO3)nc2onc(-c3ccc4c(c3)OCO4)c12. The smallest absolute Gasteiger partial charge is 0.417 e. The lowest BCUT2D eigenvalue weighted by Crippen LogP contribution is -2.15. The highest BCUT2D eigenvalue weighted by atomic mass is 19.4. The maximum Gasteiger partial charge on any atom is 0.417 e. The zero-order valence-electron chi connectivity index (χ0n) is 16.2. The summed E-state index contributed by atoms with van der Waals surface area (Å²) in [6.45, 7) is 0.819. The van der Waals surface area contributed by atoms with E-state index in [0.717, 1.165) is 6.07 Å². The van der Waals surface area contributed by atoms with Crippen molar-refractivity contribution < 1.29 is 36.6 Å². The molecule has 32 heavy (non-hydrogen) atoms. The molecule has 0 saturated heterocycles. The van der Waals surface area contributed by atoms with Gasteiger partial charge in [-0.25, -0.2) is 4.98 Å². The minimum atomic E-state index is -4.67. The second-order valence-electron chi connectivity index (χ2n) is 7.19. The van der Waals surface area contributed by atoms with Crippen LogP contribution in [0.5, 0.6) is 23.0 Å². The first-order valence-electron chi connectivity index (χ1n) is 9.65.